The van der Waals surface area contributed by atoms with E-state index < -0.39 is 12.0 Å². The van der Waals surface area contributed by atoms with Crippen molar-refractivity contribution in [3.63, 3.8) is 0 Å². The minimum Gasteiger partial charge on any atom is -0.480 e. The predicted molar refractivity (Wildman–Crippen MR) is 48.2 cm³/mol. The van der Waals surface area contributed by atoms with Crippen LogP contribution >= 0.6 is 11.8 Å². The van der Waals surface area contributed by atoms with Crippen LogP contribution in [-0.2, 0) is 26.7 Å². The van der Waals surface area contributed by atoms with Gasteiger partial charge in [0.25, 0.3) is 0 Å². The van der Waals surface area contributed by atoms with Crippen LogP contribution in [0.15, 0.2) is 0 Å². The van der Waals surface area contributed by atoms with Gasteiger partial charge in [-0.3, -0.25) is 4.79 Å². The molecule has 0 aromatic rings. The smallest absolute Gasteiger partial charge is 0.326 e. The summed E-state index contributed by atoms with van der Waals surface area (Å²) in [6, 6.07) is -0.741. The van der Waals surface area contributed by atoms with Gasteiger partial charge in [-0.1, -0.05) is 0 Å². The second kappa shape index (κ2) is 8.41. The number of carboxylic acids is 1. The van der Waals surface area contributed by atoms with Crippen molar-refractivity contribution in [1.82, 2.24) is 5.32 Å². The van der Waals surface area contributed by atoms with E-state index in [0.717, 1.165) is 5.75 Å². The number of amides is 1. The Hall–Kier alpha value is -0.191. The van der Waals surface area contributed by atoms with Crippen LogP contribution in [0.5, 0.6) is 0 Å². The van der Waals surface area contributed by atoms with Crippen LogP contribution < -0.4 is 5.32 Å². The summed E-state index contributed by atoms with van der Waals surface area (Å²) in [5.41, 5.74) is 0. The average molecular weight is 255 g/mol. The summed E-state index contributed by atoms with van der Waals surface area (Å²) in [4.78, 5) is 21.1. The van der Waals surface area contributed by atoms with Crippen molar-refractivity contribution in [2.75, 3.05) is 12.0 Å². The fraction of sp³-hybridized carbons (Fsp3) is 0.714. The zero-order chi connectivity index (χ0) is 9.56. The number of carbonyl (C=O) groups excluding carboxylic acids is 1. The number of rotatable bonds is 5. The van der Waals surface area contributed by atoms with Gasteiger partial charge >= 0.3 is 5.97 Å². The maximum atomic E-state index is 10.5. The van der Waals surface area contributed by atoms with E-state index in [0.29, 0.717) is 6.42 Å². The summed E-state index contributed by atoms with van der Waals surface area (Å²) in [6.07, 6.45) is 2.36. The molecule has 0 bridgehead atoms. The minimum atomic E-state index is -0.973. The second-order valence-electron chi connectivity index (χ2n) is 2.37. The van der Waals surface area contributed by atoms with Gasteiger partial charge in [-0.15, -0.1) is 0 Å². The molecule has 1 radical (unpaired) electrons. The number of carboxylic acid groups (broad SMARTS) is 1. The summed E-state index contributed by atoms with van der Waals surface area (Å²) in [5.74, 6) is -0.542. The molecular formula is C7H13CuNO3S. The molecule has 0 spiro atoms. The Morgan fingerprint density at radius 1 is 1.54 bits per heavy atom. The molecule has 0 heterocycles. The topological polar surface area (TPSA) is 66.4 Å². The Bertz CT molecular complexity index is 177. The standard InChI is InChI=1S/C7H13NO3S.Cu/c1-5(9)8-6(7(10)11)3-4-12-2;/h6H,3-4H2,1-2H3,(H,8,9)(H,10,11);/t6-;/m0./s1. The van der Waals surface area contributed by atoms with Gasteiger partial charge in [0.1, 0.15) is 6.04 Å². The monoisotopic (exact) mass is 254 g/mol. The molecule has 0 fully saturated rings. The van der Waals surface area contributed by atoms with E-state index in [1.807, 2.05) is 6.26 Å². The largest absolute Gasteiger partial charge is 0.480 e. The number of aliphatic carboxylic acids is 1. The first-order valence-corrected chi connectivity index (χ1v) is 4.96. The van der Waals surface area contributed by atoms with E-state index in [1.54, 1.807) is 11.8 Å². The zero-order valence-electron chi connectivity index (χ0n) is 7.47. The fourth-order valence-electron chi connectivity index (χ4n) is 0.738. The molecule has 1 atom stereocenters. The fourth-order valence-corrected chi connectivity index (χ4v) is 1.21. The van der Waals surface area contributed by atoms with Gasteiger partial charge in [-0.25, -0.2) is 4.79 Å². The van der Waals surface area contributed by atoms with Gasteiger partial charge in [0, 0.05) is 24.0 Å². The van der Waals surface area contributed by atoms with Crippen molar-refractivity contribution >= 4 is 23.6 Å². The third kappa shape index (κ3) is 8.15. The molecule has 13 heavy (non-hydrogen) atoms. The SMILES string of the molecule is CSCC[C@H](NC(C)=O)C(=O)O.[Cu]. The Morgan fingerprint density at radius 3 is 2.38 bits per heavy atom. The molecule has 0 aliphatic heterocycles. The Labute approximate surface area is 92.3 Å². The van der Waals surface area contributed by atoms with Crippen molar-refractivity contribution in [1.29, 1.82) is 0 Å². The van der Waals surface area contributed by atoms with Crippen molar-refractivity contribution in [3.8, 4) is 0 Å². The molecule has 81 valence electrons. The van der Waals surface area contributed by atoms with Crippen molar-refractivity contribution in [3.05, 3.63) is 0 Å². The quantitative estimate of drug-likeness (QED) is 0.694. The molecule has 0 aliphatic carbocycles. The normalized spacial score (nSPS) is 11.2. The summed E-state index contributed by atoms with van der Waals surface area (Å²) in [5, 5.41) is 11.0. The van der Waals surface area contributed by atoms with Crippen molar-refractivity contribution < 1.29 is 31.8 Å². The molecular weight excluding hydrogens is 242 g/mol. The molecule has 0 saturated carbocycles. The van der Waals surface area contributed by atoms with Gasteiger partial charge in [0.15, 0.2) is 0 Å². The summed E-state index contributed by atoms with van der Waals surface area (Å²) < 4.78 is 0. The Balaban J connectivity index is 0. The third-order valence-corrected chi connectivity index (χ3v) is 1.93. The van der Waals surface area contributed by atoms with Gasteiger partial charge in [-0.2, -0.15) is 11.8 Å². The van der Waals surface area contributed by atoms with E-state index in [2.05, 4.69) is 5.32 Å². The van der Waals surface area contributed by atoms with Gasteiger partial charge in [0.2, 0.25) is 5.91 Å². The summed E-state index contributed by atoms with van der Waals surface area (Å²) in [7, 11) is 0. The molecule has 0 aromatic heterocycles. The van der Waals surface area contributed by atoms with E-state index in [4.69, 9.17) is 5.11 Å². The van der Waals surface area contributed by atoms with Gasteiger partial charge in [-0.05, 0) is 18.4 Å². The summed E-state index contributed by atoms with van der Waals surface area (Å²) in [6.45, 7) is 1.31. The zero-order valence-corrected chi connectivity index (χ0v) is 9.22. The average Bonchev–Trinajstić information content (AvgIpc) is 1.96. The van der Waals surface area contributed by atoms with Gasteiger partial charge < -0.3 is 10.4 Å². The van der Waals surface area contributed by atoms with Crippen LogP contribution in [-0.4, -0.2) is 35.0 Å². The molecule has 4 nitrogen and oxygen atoms in total. The molecule has 6 heteroatoms. The molecule has 2 N–H and O–H groups in total. The molecule has 0 unspecified atom stereocenters. The number of hydrogen-bond donors (Lipinski definition) is 2. The first-order chi connectivity index (χ1) is 5.57. The number of carbonyl (C=O) groups is 2. The van der Waals surface area contributed by atoms with Crippen LogP contribution in [0.2, 0.25) is 0 Å². The van der Waals surface area contributed by atoms with E-state index >= 15 is 0 Å². The maximum absolute atomic E-state index is 10.5. The van der Waals surface area contributed by atoms with Crippen molar-refractivity contribution in [2.45, 2.75) is 19.4 Å². The molecule has 0 saturated heterocycles. The number of thioether (sulfide) groups is 1. The predicted octanol–water partition coefficient (Wildman–Crippen LogP) is 0.326. The molecule has 0 aliphatic rings. The van der Waals surface area contributed by atoms with E-state index in [9.17, 15) is 9.59 Å². The van der Waals surface area contributed by atoms with Crippen LogP contribution in [0.25, 0.3) is 0 Å². The third-order valence-electron chi connectivity index (χ3n) is 1.29. The van der Waals surface area contributed by atoms with Crippen LogP contribution in [0.1, 0.15) is 13.3 Å². The van der Waals surface area contributed by atoms with Crippen LogP contribution in [0, 0.1) is 0 Å². The van der Waals surface area contributed by atoms with Crippen molar-refractivity contribution in [2.24, 2.45) is 0 Å². The molecule has 0 aromatic carbocycles. The first kappa shape index (κ1) is 15.3. The first-order valence-electron chi connectivity index (χ1n) is 3.56. The van der Waals surface area contributed by atoms with E-state index in [1.165, 1.54) is 6.92 Å². The van der Waals surface area contributed by atoms with Crippen LogP contribution in [0.4, 0.5) is 0 Å². The second-order valence-corrected chi connectivity index (χ2v) is 3.36. The molecule has 0 rings (SSSR count). The van der Waals surface area contributed by atoms with E-state index in [-0.39, 0.29) is 23.0 Å². The Kier molecular flexibility index (Phi) is 9.89. The number of hydrogen-bond acceptors (Lipinski definition) is 3. The summed E-state index contributed by atoms with van der Waals surface area (Å²) >= 11 is 1.56. The Morgan fingerprint density at radius 2 is 2.08 bits per heavy atom. The minimum absolute atomic E-state index is 0. The molecule has 1 amide bonds. The van der Waals surface area contributed by atoms with Gasteiger partial charge in [0.05, 0.1) is 0 Å². The van der Waals surface area contributed by atoms with Crippen LogP contribution in [0.3, 0.4) is 0 Å². The maximum Gasteiger partial charge on any atom is 0.326 e. The number of nitrogens with one attached hydrogen (secondary N) is 1.